The summed E-state index contributed by atoms with van der Waals surface area (Å²) in [4.78, 5) is 0. The molecule has 0 aliphatic heterocycles. The van der Waals surface area contributed by atoms with Gasteiger partial charge in [0.05, 0.1) is 0 Å². The lowest BCUT2D eigenvalue weighted by Gasteiger charge is -2.04. The molecule has 0 spiro atoms. The van der Waals surface area contributed by atoms with E-state index >= 15 is 0 Å². The maximum atomic E-state index is 9.37. The van der Waals surface area contributed by atoms with Gasteiger partial charge in [-0.05, 0) is 35.4 Å². The van der Waals surface area contributed by atoms with Crippen LogP contribution in [0.3, 0.4) is 0 Å². The minimum atomic E-state index is 0.296. The van der Waals surface area contributed by atoms with Crippen molar-refractivity contribution in [2.75, 3.05) is 0 Å². The van der Waals surface area contributed by atoms with Crippen molar-refractivity contribution in [3.05, 3.63) is 40.4 Å². The number of hydrogen-bond acceptors (Lipinski definition) is 1. The third-order valence-electron chi connectivity index (χ3n) is 2.12. The Labute approximate surface area is 85.1 Å². The van der Waals surface area contributed by atoms with Crippen molar-refractivity contribution in [2.24, 2.45) is 0 Å². The fraction of sp³-hybridized carbons (Fsp3) is 0.0909. The van der Waals surface area contributed by atoms with E-state index in [4.69, 9.17) is 0 Å². The summed E-state index contributed by atoms with van der Waals surface area (Å²) in [5.41, 5.74) is 1.21. The molecular weight excluding hydrogens is 228 g/mol. The highest BCUT2D eigenvalue weighted by atomic mass is 79.9. The van der Waals surface area contributed by atoms with Crippen molar-refractivity contribution in [3.63, 3.8) is 0 Å². The minimum absolute atomic E-state index is 0.296. The van der Waals surface area contributed by atoms with Gasteiger partial charge in [-0.15, -0.1) is 0 Å². The summed E-state index contributed by atoms with van der Waals surface area (Å²) in [6.07, 6.45) is 0. The first-order valence-electron chi connectivity index (χ1n) is 4.06. The van der Waals surface area contributed by atoms with Gasteiger partial charge in [0.2, 0.25) is 0 Å². The lowest BCUT2D eigenvalue weighted by Crippen LogP contribution is -1.79. The van der Waals surface area contributed by atoms with E-state index in [0.717, 1.165) is 9.86 Å². The molecule has 2 rings (SSSR count). The number of halogens is 1. The standard InChI is InChI=1S/C11H9BrO/c1-7-3-2-4-8-5-9(13)6-10(12)11(7)8/h2-6,13H,1H3. The lowest BCUT2D eigenvalue weighted by molar-refractivity contribution is 0.476. The summed E-state index contributed by atoms with van der Waals surface area (Å²) in [7, 11) is 0. The maximum Gasteiger partial charge on any atom is 0.117 e. The van der Waals surface area contributed by atoms with Gasteiger partial charge < -0.3 is 5.11 Å². The maximum absolute atomic E-state index is 9.37. The predicted octanol–water partition coefficient (Wildman–Crippen LogP) is 3.62. The van der Waals surface area contributed by atoms with Crippen LogP contribution in [0.25, 0.3) is 10.8 Å². The molecule has 1 nitrogen and oxygen atoms in total. The third-order valence-corrected chi connectivity index (χ3v) is 2.75. The second-order valence-electron chi connectivity index (χ2n) is 3.10. The van der Waals surface area contributed by atoms with E-state index in [1.807, 2.05) is 12.1 Å². The normalized spacial score (nSPS) is 10.6. The average Bonchev–Trinajstić information content (AvgIpc) is 2.02. The smallest absolute Gasteiger partial charge is 0.117 e. The van der Waals surface area contributed by atoms with Gasteiger partial charge in [-0.1, -0.05) is 34.1 Å². The number of aryl methyl sites for hydroxylation is 1. The van der Waals surface area contributed by atoms with Crippen LogP contribution in [-0.2, 0) is 0 Å². The van der Waals surface area contributed by atoms with Crippen LogP contribution in [0.15, 0.2) is 34.8 Å². The van der Waals surface area contributed by atoms with Crippen LogP contribution in [0.2, 0.25) is 0 Å². The summed E-state index contributed by atoms with van der Waals surface area (Å²) in [5.74, 6) is 0.296. The van der Waals surface area contributed by atoms with Crippen molar-refractivity contribution in [1.29, 1.82) is 0 Å². The first-order chi connectivity index (χ1) is 6.18. The molecule has 0 unspecified atom stereocenters. The van der Waals surface area contributed by atoms with Crippen molar-refractivity contribution in [2.45, 2.75) is 6.92 Å². The van der Waals surface area contributed by atoms with E-state index in [1.165, 1.54) is 10.9 Å². The molecule has 0 radical (unpaired) electrons. The van der Waals surface area contributed by atoms with Gasteiger partial charge in [-0.25, -0.2) is 0 Å². The predicted molar refractivity (Wildman–Crippen MR) is 58.0 cm³/mol. The first-order valence-corrected chi connectivity index (χ1v) is 4.85. The van der Waals surface area contributed by atoms with Crippen LogP contribution >= 0.6 is 15.9 Å². The molecule has 0 atom stereocenters. The molecule has 0 heterocycles. The molecule has 2 aromatic rings. The van der Waals surface area contributed by atoms with E-state index in [2.05, 4.69) is 28.9 Å². The van der Waals surface area contributed by atoms with Crippen LogP contribution in [0, 0.1) is 6.92 Å². The third kappa shape index (κ3) is 1.42. The van der Waals surface area contributed by atoms with E-state index in [1.54, 1.807) is 12.1 Å². The highest BCUT2D eigenvalue weighted by Crippen LogP contribution is 2.30. The SMILES string of the molecule is Cc1cccc2cc(O)cc(Br)c12. The summed E-state index contributed by atoms with van der Waals surface area (Å²) in [5, 5.41) is 11.6. The van der Waals surface area contributed by atoms with Gasteiger partial charge in [-0.2, -0.15) is 0 Å². The second-order valence-corrected chi connectivity index (χ2v) is 3.95. The summed E-state index contributed by atoms with van der Waals surface area (Å²) in [6, 6.07) is 9.53. The van der Waals surface area contributed by atoms with E-state index < -0.39 is 0 Å². The number of aromatic hydroxyl groups is 1. The number of phenolic OH excluding ortho intramolecular Hbond substituents is 1. The Morgan fingerprint density at radius 1 is 1.23 bits per heavy atom. The van der Waals surface area contributed by atoms with Crippen molar-refractivity contribution < 1.29 is 5.11 Å². The molecule has 0 fully saturated rings. The molecule has 0 bridgehead atoms. The van der Waals surface area contributed by atoms with E-state index in [0.29, 0.717) is 5.75 Å². The highest BCUT2D eigenvalue weighted by molar-refractivity contribution is 9.10. The summed E-state index contributed by atoms with van der Waals surface area (Å²) < 4.78 is 0.945. The second kappa shape index (κ2) is 3.04. The number of benzene rings is 2. The van der Waals surface area contributed by atoms with Crippen LogP contribution in [0.1, 0.15) is 5.56 Å². The Hall–Kier alpha value is -1.02. The molecular formula is C11H9BrO. The van der Waals surface area contributed by atoms with Gasteiger partial charge in [0.1, 0.15) is 5.75 Å². The molecule has 66 valence electrons. The molecule has 0 aliphatic rings. The Morgan fingerprint density at radius 3 is 2.77 bits per heavy atom. The molecule has 1 N–H and O–H groups in total. The zero-order valence-electron chi connectivity index (χ0n) is 7.21. The van der Waals surface area contributed by atoms with Gasteiger partial charge >= 0.3 is 0 Å². The zero-order chi connectivity index (χ0) is 9.42. The Kier molecular flexibility index (Phi) is 2.00. The van der Waals surface area contributed by atoms with Crippen LogP contribution < -0.4 is 0 Å². The molecule has 0 saturated heterocycles. The number of rotatable bonds is 0. The largest absolute Gasteiger partial charge is 0.508 e. The van der Waals surface area contributed by atoms with Gasteiger partial charge in [0.15, 0.2) is 0 Å². The first kappa shape index (κ1) is 8.57. The number of hydrogen-bond donors (Lipinski definition) is 1. The molecule has 2 heteroatoms. The van der Waals surface area contributed by atoms with Gasteiger partial charge in [-0.3, -0.25) is 0 Å². The van der Waals surface area contributed by atoms with E-state index in [9.17, 15) is 5.11 Å². The van der Waals surface area contributed by atoms with E-state index in [-0.39, 0.29) is 0 Å². The van der Waals surface area contributed by atoms with Crippen molar-refractivity contribution in [1.82, 2.24) is 0 Å². The highest BCUT2D eigenvalue weighted by Gasteiger charge is 2.02. The minimum Gasteiger partial charge on any atom is -0.508 e. The van der Waals surface area contributed by atoms with Gasteiger partial charge in [0.25, 0.3) is 0 Å². The number of phenols is 1. The molecule has 0 aromatic heterocycles. The fourth-order valence-corrected chi connectivity index (χ4v) is 2.32. The Bertz CT molecular complexity index is 463. The Morgan fingerprint density at radius 2 is 2.00 bits per heavy atom. The monoisotopic (exact) mass is 236 g/mol. The Balaban J connectivity index is 2.94. The topological polar surface area (TPSA) is 20.2 Å². The quantitative estimate of drug-likeness (QED) is 0.741. The average molecular weight is 237 g/mol. The molecule has 2 aromatic carbocycles. The molecule has 13 heavy (non-hydrogen) atoms. The van der Waals surface area contributed by atoms with Crippen molar-refractivity contribution >= 4 is 26.7 Å². The zero-order valence-corrected chi connectivity index (χ0v) is 8.80. The lowest BCUT2D eigenvalue weighted by atomic mass is 10.1. The van der Waals surface area contributed by atoms with Crippen LogP contribution in [0.4, 0.5) is 0 Å². The van der Waals surface area contributed by atoms with Crippen LogP contribution in [0.5, 0.6) is 5.75 Å². The molecule has 0 aliphatic carbocycles. The summed E-state index contributed by atoms with van der Waals surface area (Å²) >= 11 is 3.44. The van der Waals surface area contributed by atoms with Crippen LogP contribution in [-0.4, -0.2) is 5.11 Å². The molecule has 0 amide bonds. The molecule has 0 saturated carbocycles. The summed E-state index contributed by atoms with van der Waals surface area (Å²) in [6.45, 7) is 2.06. The van der Waals surface area contributed by atoms with Crippen molar-refractivity contribution in [3.8, 4) is 5.75 Å². The van der Waals surface area contributed by atoms with Gasteiger partial charge in [0, 0.05) is 4.47 Å². The fourth-order valence-electron chi connectivity index (χ4n) is 1.54. The number of fused-ring (bicyclic) bond motifs is 1.